The molecule has 1 N–H and O–H groups in total. The Labute approximate surface area is 102 Å². The van der Waals surface area contributed by atoms with E-state index in [4.69, 9.17) is 4.74 Å². The van der Waals surface area contributed by atoms with Gasteiger partial charge in [0.15, 0.2) is 0 Å². The summed E-state index contributed by atoms with van der Waals surface area (Å²) in [5, 5.41) is 9.69. The maximum atomic E-state index is 9.69. The first-order valence-corrected chi connectivity index (χ1v) is 6.20. The van der Waals surface area contributed by atoms with E-state index >= 15 is 0 Å². The number of morpholine rings is 1. The minimum absolute atomic E-state index is 0.382. The fourth-order valence-electron chi connectivity index (χ4n) is 2.08. The number of aliphatic hydroxyl groups excluding tert-OH is 1. The molecule has 0 spiro atoms. The van der Waals surface area contributed by atoms with E-state index in [1.54, 1.807) is 0 Å². The van der Waals surface area contributed by atoms with E-state index in [9.17, 15) is 5.11 Å². The molecule has 4 heteroatoms. The Kier molecular flexibility index (Phi) is 3.97. The molecule has 0 aromatic carbocycles. The Hall–Kier alpha value is -1.13. The highest BCUT2D eigenvalue weighted by Gasteiger charge is 2.19. The number of rotatable bonds is 3. The molecular weight excluding hydrogens is 216 g/mol. The van der Waals surface area contributed by atoms with Crippen molar-refractivity contribution >= 4 is 5.69 Å². The molecule has 0 aliphatic carbocycles. The van der Waals surface area contributed by atoms with Crippen LogP contribution in [0.1, 0.15) is 32.1 Å². The van der Waals surface area contributed by atoms with Crippen LogP contribution in [-0.4, -0.2) is 35.9 Å². The lowest BCUT2D eigenvalue weighted by molar-refractivity contribution is 0.0989. The third-order valence-electron chi connectivity index (χ3n) is 3.20. The van der Waals surface area contributed by atoms with Crippen molar-refractivity contribution in [3.05, 3.63) is 24.0 Å². The predicted octanol–water partition coefficient (Wildman–Crippen LogP) is 1.75. The van der Waals surface area contributed by atoms with E-state index in [2.05, 4.69) is 16.8 Å². The number of pyridine rings is 1. The predicted molar refractivity (Wildman–Crippen MR) is 67.1 cm³/mol. The van der Waals surface area contributed by atoms with Crippen LogP contribution in [0.15, 0.2) is 18.3 Å². The van der Waals surface area contributed by atoms with Gasteiger partial charge in [-0.15, -0.1) is 0 Å². The molecule has 4 nitrogen and oxygen atoms in total. The summed E-state index contributed by atoms with van der Waals surface area (Å²) in [6, 6.07) is 4.32. The Morgan fingerprint density at radius 1 is 1.59 bits per heavy atom. The van der Waals surface area contributed by atoms with E-state index in [1.807, 2.05) is 25.3 Å². The summed E-state index contributed by atoms with van der Waals surface area (Å²) in [5.74, 6) is 0. The van der Waals surface area contributed by atoms with E-state index in [1.165, 1.54) is 0 Å². The molecule has 1 aliphatic rings. The van der Waals surface area contributed by atoms with Crippen molar-refractivity contribution in [3.63, 3.8) is 0 Å². The molecule has 1 aromatic heterocycles. The van der Waals surface area contributed by atoms with Gasteiger partial charge in [0.1, 0.15) is 0 Å². The lowest BCUT2D eigenvalue weighted by Gasteiger charge is -2.35. The molecular formula is C13H20N2O2. The van der Waals surface area contributed by atoms with Crippen molar-refractivity contribution < 1.29 is 9.84 Å². The first kappa shape index (κ1) is 12.3. The minimum atomic E-state index is -0.453. The Morgan fingerprint density at radius 2 is 2.41 bits per heavy atom. The van der Waals surface area contributed by atoms with Crippen LogP contribution in [-0.2, 0) is 4.74 Å². The average molecular weight is 236 g/mol. The summed E-state index contributed by atoms with van der Waals surface area (Å²) in [6.45, 7) is 6.53. The second-order valence-corrected chi connectivity index (χ2v) is 4.48. The Bertz CT molecular complexity index is 353. The summed E-state index contributed by atoms with van der Waals surface area (Å²) in [7, 11) is 0. The second kappa shape index (κ2) is 5.47. The number of aliphatic hydroxyl groups is 1. The summed E-state index contributed by atoms with van der Waals surface area (Å²) in [5.41, 5.74) is 1.85. The molecule has 2 rings (SSSR count). The molecule has 1 fully saturated rings. The normalized spacial score (nSPS) is 22.5. The molecule has 17 heavy (non-hydrogen) atoms. The zero-order valence-electron chi connectivity index (χ0n) is 10.5. The third-order valence-corrected chi connectivity index (χ3v) is 3.20. The summed E-state index contributed by atoms with van der Waals surface area (Å²) in [4.78, 5) is 6.62. The lowest BCUT2D eigenvalue weighted by Crippen LogP contribution is -2.43. The minimum Gasteiger partial charge on any atom is -0.387 e. The molecule has 94 valence electrons. The van der Waals surface area contributed by atoms with Gasteiger partial charge in [-0.1, -0.05) is 6.92 Å². The van der Waals surface area contributed by atoms with Crippen LogP contribution in [0.25, 0.3) is 0 Å². The van der Waals surface area contributed by atoms with Crippen LogP contribution in [0.5, 0.6) is 0 Å². The maximum Gasteiger partial charge on any atom is 0.0957 e. The van der Waals surface area contributed by atoms with Gasteiger partial charge in [-0.3, -0.25) is 4.98 Å². The monoisotopic (exact) mass is 236 g/mol. The first-order chi connectivity index (χ1) is 8.22. The van der Waals surface area contributed by atoms with Crippen molar-refractivity contribution in [2.45, 2.75) is 32.4 Å². The largest absolute Gasteiger partial charge is 0.387 e. The van der Waals surface area contributed by atoms with Crippen LogP contribution < -0.4 is 4.90 Å². The number of hydrogen-bond donors (Lipinski definition) is 1. The van der Waals surface area contributed by atoms with Crippen molar-refractivity contribution in [2.75, 3.05) is 24.7 Å². The van der Waals surface area contributed by atoms with Gasteiger partial charge in [-0.05, 0) is 25.5 Å². The van der Waals surface area contributed by atoms with Crippen LogP contribution in [0.4, 0.5) is 5.69 Å². The fourth-order valence-corrected chi connectivity index (χ4v) is 2.08. The summed E-state index contributed by atoms with van der Waals surface area (Å²) < 4.78 is 5.41. The third kappa shape index (κ3) is 2.76. The van der Waals surface area contributed by atoms with Crippen molar-refractivity contribution in [2.24, 2.45) is 0 Å². The molecule has 0 radical (unpaired) electrons. The molecule has 0 amide bonds. The van der Waals surface area contributed by atoms with Gasteiger partial charge in [-0.25, -0.2) is 0 Å². The molecule has 0 saturated carbocycles. The van der Waals surface area contributed by atoms with Gasteiger partial charge in [-0.2, -0.15) is 0 Å². The van der Waals surface area contributed by atoms with Crippen LogP contribution in [0, 0.1) is 0 Å². The molecule has 1 aromatic rings. The first-order valence-electron chi connectivity index (χ1n) is 6.20. The van der Waals surface area contributed by atoms with E-state index < -0.39 is 6.10 Å². The summed E-state index contributed by atoms with van der Waals surface area (Å²) in [6.07, 6.45) is 2.09. The van der Waals surface area contributed by atoms with Gasteiger partial charge in [0, 0.05) is 12.6 Å². The molecule has 2 heterocycles. The molecule has 0 bridgehead atoms. The van der Waals surface area contributed by atoms with Crippen molar-refractivity contribution in [1.82, 2.24) is 4.98 Å². The highest BCUT2D eigenvalue weighted by Crippen LogP contribution is 2.21. The number of anilines is 1. The second-order valence-electron chi connectivity index (χ2n) is 4.48. The molecule has 1 saturated heterocycles. The number of ether oxygens (including phenoxy) is 1. The van der Waals surface area contributed by atoms with Crippen LogP contribution in [0.2, 0.25) is 0 Å². The number of aromatic nitrogens is 1. The summed E-state index contributed by atoms with van der Waals surface area (Å²) >= 11 is 0. The standard InChI is InChI=1S/C13H20N2O2/c1-3-13(16)12-5-4-11(8-14-12)15-6-7-17-9-10(15)2/h4-5,8,10,13,16H,3,6-7,9H2,1-2H3/t10?,13-/m1/s1. The lowest BCUT2D eigenvalue weighted by atomic mass is 10.1. The van der Waals surface area contributed by atoms with Gasteiger partial charge < -0.3 is 14.7 Å². The van der Waals surface area contributed by atoms with E-state index in [-0.39, 0.29) is 0 Å². The van der Waals surface area contributed by atoms with Gasteiger partial charge >= 0.3 is 0 Å². The smallest absolute Gasteiger partial charge is 0.0957 e. The zero-order chi connectivity index (χ0) is 12.3. The quantitative estimate of drug-likeness (QED) is 0.868. The number of nitrogens with zero attached hydrogens (tertiary/aromatic N) is 2. The fraction of sp³-hybridized carbons (Fsp3) is 0.615. The molecule has 1 unspecified atom stereocenters. The Morgan fingerprint density at radius 3 is 3.00 bits per heavy atom. The molecule has 2 atom stereocenters. The zero-order valence-corrected chi connectivity index (χ0v) is 10.5. The average Bonchev–Trinajstić information content (AvgIpc) is 2.39. The SMILES string of the molecule is CC[C@@H](O)c1ccc(N2CCOCC2C)cn1. The van der Waals surface area contributed by atoms with Crippen LogP contribution in [0.3, 0.4) is 0 Å². The van der Waals surface area contributed by atoms with E-state index in [0.29, 0.717) is 12.5 Å². The topological polar surface area (TPSA) is 45.6 Å². The van der Waals surface area contributed by atoms with Crippen LogP contribution >= 0.6 is 0 Å². The van der Waals surface area contributed by atoms with Gasteiger partial charge in [0.25, 0.3) is 0 Å². The molecule has 1 aliphatic heterocycles. The highest BCUT2D eigenvalue weighted by atomic mass is 16.5. The maximum absolute atomic E-state index is 9.69. The van der Waals surface area contributed by atoms with Crippen molar-refractivity contribution in [1.29, 1.82) is 0 Å². The van der Waals surface area contributed by atoms with Gasteiger partial charge in [0.05, 0.1) is 36.9 Å². The Balaban J connectivity index is 2.11. The van der Waals surface area contributed by atoms with Gasteiger partial charge in [0.2, 0.25) is 0 Å². The highest BCUT2D eigenvalue weighted by molar-refractivity contribution is 5.46. The van der Waals surface area contributed by atoms with Crippen molar-refractivity contribution in [3.8, 4) is 0 Å². The number of hydrogen-bond acceptors (Lipinski definition) is 4. The van der Waals surface area contributed by atoms with E-state index in [0.717, 1.165) is 31.1 Å².